The highest BCUT2D eigenvalue weighted by atomic mass is 79.9. The van der Waals surface area contributed by atoms with Crippen molar-refractivity contribution in [2.45, 2.75) is 0 Å². The molecule has 0 aliphatic carbocycles. The second-order valence-corrected chi connectivity index (χ2v) is 7.03. The molecule has 0 saturated carbocycles. The van der Waals surface area contributed by atoms with E-state index in [2.05, 4.69) is 41.8 Å². The standard InChI is InChI=1S/C21H22BrN5O4/c1-23-20(28)13-7-5-6-8-15(13)26-19-14(22)11-24-21(27-19)25-12-9-16(29-2)18(31-4)17(10-12)30-3/h5-11H,1-4H3,(H,23,28)(H2,24,25,26,27). The van der Waals surface area contributed by atoms with Gasteiger partial charge in [-0.1, -0.05) is 12.1 Å². The zero-order valence-corrected chi connectivity index (χ0v) is 19.0. The van der Waals surface area contributed by atoms with E-state index in [1.165, 1.54) is 0 Å². The van der Waals surface area contributed by atoms with Crippen LogP contribution in [0, 0.1) is 0 Å². The zero-order valence-electron chi connectivity index (χ0n) is 17.4. The van der Waals surface area contributed by atoms with Gasteiger partial charge in [-0.2, -0.15) is 4.98 Å². The Morgan fingerprint density at radius 2 is 1.68 bits per heavy atom. The number of carbonyl (C=O) groups excluding carboxylic acids is 1. The first-order valence-corrected chi connectivity index (χ1v) is 9.97. The van der Waals surface area contributed by atoms with Crippen molar-refractivity contribution in [3.8, 4) is 17.2 Å². The van der Waals surface area contributed by atoms with Crippen LogP contribution in [0.3, 0.4) is 0 Å². The Kier molecular flexibility index (Phi) is 7.14. The van der Waals surface area contributed by atoms with Crippen LogP contribution in [0.2, 0.25) is 0 Å². The largest absolute Gasteiger partial charge is 0.493 e. The summed E-state index contributed by atoms with van der Waals surface area (Å²) in [4.78, 5) is 21.0. The lowest BCUT2D eigenvalue weighted by Crippen LogP contribution is -2.19. The van der Waals surface area contributed by atoms with E-state index in [1.54, 1.807) is 64.9 Å². The highest BCUT2D eigenvalue weighted by Crippen LogP contribution is 2.40. The number of para-hydroxylation sites is 1. The molecule has 0 unspecified atom stereocenters. The average molecular weight is 488 g/mol. The molecule has 162 valence electrons. The van der Waals surface area contributed by atoms with Crippen LogP contribution in [0.4, 0.5) is 23.1 Å². The number of hydrogen-bond donors (Lipinski definition) is 3. The summed E-state index contributed by atoms with van der Waals surface area (Å²) >= 11 is 3.44. The molecular weight excluding hydrogens is 466 g/mol. The van der Waals surface area contributed by atoms with E-state index in [4.69, 9.17) is 14.2 Å². The molecule has 1 amide bonds. The third kappa shape index (κ3) is 4.97. The number of benzene rings is 2. The first-order valence-electron chi connectivity index (χ1n) is 9.18. The lowest BCUT2D eigenvalue weighted by atomic mass is 10.1. The second kappa shape index (κ2) is 9.98. The first kappa shape index (κ1) is 22.2. The first-order chi connectivity index (χ1) is 15.0. The molecule has 1 aromatic heterocycles. The number of amides is 1. The minimum absolute atomic E-state index is 0.205. The van der Waals surface area contributed by atoms with Gasteiger partial charge < -0.3 is 30.2 Å². The molecule has 9 nitrogen and oxygen atoms in total. The second-order valence-electron chi connectivity index (χ2n) is 6.18. The minimum Gasteiger partial charge on any atom is -0.493 e. The number of aromatic nitrogens is 2. The fourth-order valence-corrected chi connectivity index (χ4v) is 3.14. The van der Waals surface area contributed by atoms with Crippen molar-refractivity contribution in [2.24, 2.45) is 0 Å². The monoisotopic (exact) mass is 487 g/mol. The van der Waals surface area contributed by atoms with Gasteiger partial charge in [0.05, 0.1) is 37.1 Å². The Morgan fingerprint density at radius 3 is 2.29 bits per heavy atom. The molecule has 10 heteroatoms. The van der Waals surface area contributed by atoms with Crippen LogP contribution in [0.5, 0.6) is 17.2 Å². The van der Waals surface area contributed by atoms with E-state index < -0.39 is 0 Å². The van der Waals surface area contributed by atoms with E-state index >= 15 is 0 Å². The number of anilines is 4. The molecule has 0 bridgehead atoms. The molecule has 2 aromatic carbocycles. The predicted molar refractivity (Wildman–Crippen MR) is 122 cm³/mol. The lowest BCUT2D eigenvalue weighted by molar-refractivity contribution is 0.0964. The average Bonchev–Trinajstić information content (AvgIpc) is 2.80. The summed E-state index contributed by atoms with van der Waals surface area (Å²) in [5.74, 6) is 2.10. The van der Waals surface area contributed by atoms with Gasteiger partial charge in [0.15, 0.2) is 11.5 Å². The quantitative estimate of drug-likeness (QED) is 0.435. The molecule has 0 atom stereocenters. The third-order valence-corrected chi connectivity index (χ3v) is 4.90. The number of nitrogens with one attached hydrogen (secondary N) is 3. The van der Waals surface area contributed by atoms with Crippen molar-refractivity contribution in [3.63, 3.8) is 0 Å². The van der Waals surface area contributed by atoms with Crippen molar-refractivity contribution >= 4 is 45.0 Å². The number of methoxy groups -OCH3 is 3. The molecule has 0 aliphatic heterocycles. The number of halogens is 1. The molecule has 0 spiro atoms. The van der Waals surface area contributed by atoms with Gasteiger partial charge in [-0.3, -0.25) is 4.79 Å². The smallest absolute Gasteiger partial charge is 0.253 e. The summed E-state index contributed by atoms with van der Waals surface area (Å²) in [6, 6.07) is 10.7. The van der Waals surface area contributed by atoms with Crippen LogP contribution in [-0.4, -0.2) is 44.3 Å². The third-order valence-electron chi connectivity index (χ3n) is 4.32. The van der Waals surface area contributed by atoms with Gasteiger partial charge in [-0.05, 0) is 28.1 Å². The summed E-state index contributed by atoms with van der Waals surface area (Å²) in [6.45, 7) is 0. The normalized spacial score (nSPS) is 10.2. The molecule has 0 aliphatic rings. The number of ether oxygens (including phenoxy) is 3. The molecule has 0 saturated heterocycles. The number of rotatable bonds is 8. The Morgan fingerprint density at radius 1 is 1.00 bits per heavy atom. The summed E-state index contributed by atoms with van der Waals surface area (Å²) < 4.78 is 16.7. The highest BCUT2D eigenvalue weighted by Gasteiger charge is 2.15. The summed E-state index contributed by atoms with van der Waals surface area (Å²) in [6.07, 6.45) is 1.61. The Hall–Kier alpha value is -3.53. The minimum atomic E-state index is -0.205. The maximum Gasteiger partial charge on any atom is 0.253 e. The van der Waals surface area contributed by atoms with Gasteiger partial charge >= 0.3 is 0 Å². The summed E-state index contributed by atoms with van der Waals surface area (Å²) in [7, 11) is 6.21. The summed E-state index contributed by atoms with van der Waals surface area (Å²) in [5, 5.41) is 8.93. The number of nitrogens with zero attached hydrogens (tertiary/aromatic N) is 2. The van der Waals surface area contributed by atoms with Crippen LogP contribution in [0.15, 0.2) is 47.1 Å². The molecule has 31 heavy (non-hydrogen) atoms. The molecule has 0 fully saturated rings. The van der Waals surface area contributed by atoms with Crippen molar-refractivity contribution in [3.05, 3.63) is 52.6 Å². The number of carbonyl (C=O) groups is 1. The molecule has 1 heterocycles. The van der Waals surface area contributed by atoms with Gasteiger partial charge in [-0.15, -0.1) is 0 Å². The van der Waals surface area contributed by atoms with Gasteiger partial charge in [0.2, 0.25) is 11.7 Å². The Balaban J connectivity index is 1.92. The van der Waals surface area contributed by atoms with E-state index in [1.807, 2.05) is 6.07 Å². The number of hydrogen-bond acceptors (Lipinski definition) is 8. The van der Waals surface area contributed by atoms with Gasteiger partial charge in [0.25, 0.3) is 5.91 Å². The van der Waals surface area contributed by atoms with Crippen LogP contribution in [-0.2, 0) is 0 Å². The van der Waals surface area contributed by atoms with Crippen LogP contribution in [0.25, 0.3) is 0 Å². The van der Waals surface area contributed by atoms with E-state index in [0.717, 1.165) is 0 Å². The Bertz CT molecular complexity index is 1070. The van der Waals surface area contributed by atoms with Gasteiger partial charge in [-0.25, -0.2) is 4.98 Å². The maximum absolute atomic E-state index is 12.1. The zero-order chi connectivity index (χ0) is 22.4. The Labute approximate surface area is 188 Å². The fraction of sp³-hybridized carbons (Fsp3) is 0.190. The topological polar surface area (TPSA) is 107 Å². The molecule has 3 aromatic rings. The van der Waals surface area contributed by atoms with Crippen LogP contribution in [0.1, 0.15) is 10.4 Å². The molecule has 0 radical (unpaired) electrons. The summed E-state index contributed by atoms with van der Waals surface area (Å²) in [5.41, 5.74) is 1.75. The van der Waals surface area contributed by atoms with Gasteiger partial charge in [0.1, 0.15) is 5.82 Å². The SMILES string of the molecule is CNC(=O)c1ccccc1Nc1nc(Nc2cc(OC)c(OC)c(OC)c2)ncc1Br. The molecular formula is C21H22BrN5O4. The highest BCUT2D eigenvalue weighted by molar-refractivity contribution is 9.10. The lowest BCUT2D eigenvalue weighted by Gasteiger charge is -2.15. The van der Waals surface area contributed by atoms with Crippen molar-refractivity contribution in [2.75, 3.05) is 39.0 Å². The molecule has 3 N–H and O–H groups in total. The predicted octanol–water partition coefficient (Wildman–Crippen LogP) is 4.11. The van der Waals surface area contributed by atoms with Crippen molar-refractivity contribution in [1.82, 2.24) is 15.3 Å². The van der Waals surface area contributed by atoms with Gasteiger partial charge in [0, 0.05) is 31.1 Å². The van der Waals surface area contributed by atoms with Crippen molar-refractivity contribution in [1.29, 1.82) is 0 Å². The maximum atomic E-state index is 12.1. The fourth-order valence-electron chi connectivity index (χ4n) is 2.85. The van der Waals surface area contributed by atoms with Crippen LogP contribution >= 0.6 is 15.9 Å². The van der Waals surface area contributed by atoms with E-state index in [9.17, 15) is 4.79 Å². The van der Waals surface area contributed by atoms with E-state index in [-0.39, 0.29) is 5.91 Å². The van der Waals surface area contributed by atoms with E-state index in [0.29, 0.717) is 50.4 Å². The molecule has 3 rings (SSSR count). The van der Waals surface area contributed by atoms with Crippen LogP contribution < -0.4 is 30.2 Å². The van der Waals surface area contributed by atoms with Crippen molar-refractivity contribution < 1.29 is 19.0 Å².